The molecular weight excluding hydrogens is 429 g/mol. The molecule has 1 saturated heterocycles. The first-order valence-electron chi connectivity index (χ1n) is 9.64. The summed E-state index contributed by atoms with van der Waals surface area (Å²) < 4.78 is 45.6. The zero-order chi connectivity index (χ0) is 22.6. The number of rotatable bonds is 7. The van der Waals surface area contributed by atoms with Gasteiger partial charge >= 0.3 is 11.9 Å². The number of piperidine rings is 1. The minimum Gasteiger partial charge on any atom is -0.478 e. The molecule has 1 atom stereocenters. The van der Waals surface area contributed by atoms with Crippen molar-refractivity contribution in [3.63, 3.8) is 0 Å². The number of esters is 1. The molecule has 1 aliphatic heterocycles. The SMILES string of the molecule is CCOC(=O)C1CCCN(c2ncc(NS(=O)(=O)c3cccc(F)c3)cc2C(=O)O)C1. The summed E-state index contributed by atoms with van der Waals surface area (Å²) in [5.41, 5.74) is -0.298. The minimum atomic E-state index is -4.14. The van der Waals surface area contributed by atoms with Gasteiger partial charge in [0, 0.05) is 13.1 Å². The van der Waals surface area contributed by atoms with Crippen LogP contribution in [0.4, 0.5) is 15.9 Å². The summed E-state index contributed by atoms with van der Waals surface area (Å²) in [6.07, 6.45) is 2.47. The summed E-state index contributed by atoms with van der Waals surface area (Å²) in [4.78, 5) is 29.4. The van der Waals surface area contributed by atoms with E-state index in [1.807, 2.05) is 0 Å². The number of ether oxygens (including phenoxy) is 1. The number of hydrogen-bond donors (Lipinski definition) is 2. The number of hydrogen-bond acceptors (Lipinski definition) is 7. The lowest BCUT2D eigenvalue weighted by atomic mass is 9.98. The molecule has 0 amide bonds. The summed E-state index contributed by atoms with van der Waals surface area (Å²) in [5, 5.41) is 9.65. The zero-order valence-electron chi connectivity index (χ0n) is 16.7. The van der Waals surface area contributed by atoms with E-state index in [2.05, 4.69) is 9.71 Å². The third-order valence-corrected chi connectivity index (χ3v) is 6.18. The molecule has 2 N–H and O–H groups in total. The van der Waals surface area contributed by atoms with Crippen molar-refractivity contribution in [3.05, 3.63) is 47.9 Å². The predicted octanol–water partition coefficient (Wildman–Crippen LogP) is 2.50. The third kappa shape index (κ3) is 5.29. The molecule has 9 nitrogen and oxygen atoms in total. The van der Waals surface area contributed by atoms with Crippen LogP contribution in [-0.4, -0.2) is 50.1 Å². The monoisotopic (exact) mass is 451 g/mol. The van der Waals surface area contributed by atoms with E-state index in [1.54, 1.807) is 11.8 Å². The molecule has 2 heterocycles. The fourth-order valence-corrected chi connectivity index (χ4v) is 4.46. The number of halogens is 1. The van der Waals surface area contributed by atoms with E-state index >= 15 is 0 Å². The second kappa shape index (κ2) is 9.29. The summed E-state index contributed by atoms with van der Waals surface area (Å²) in [6.45, 7) is 2.72. The number of aromatic carboxylic acids is 1. The number of pyridine rings is 1. The average Bonchev–Trinajstić information content (AvgIpc) is 2.73. The second-order valence-electron chi connectivity index (χ2n) is 7.00. The van der Waals surface area contributed by atoms with Gasteiger partial charge in [-0.25, -0.2) is 22.6 Å². The Morgan fingerprint density at radius 2 is 2.13 bits per heavy atom. The van der Waals surface area contributed by atoms with E-state index in [1.165, 1.54) is 18.3 Å². The number of carboxylic acids is 1. The first-order chi connectivity index (χ1) is 14.7. The summed E-state index contributed by atoms with van der Waals surface area (Å²) in [7, 11) is -4.14. The van der Waals surface area contributed by atoms with Crippen LogP contribution in [0.15, 0.2) is 41.4 Å². The van der Waals surface area contributed by atoms with Crippen molar-refractivity contribution in [3.8, 4) is 0 Å². The fraction of sp³-hybridized carbons (Fsp3) is 0.350. The van der Waals surface area contributed by atoms with E-state index in [0.717, 1.165) is 18.2 Å². The normalized spacial score (nSPS) is 16.6. The Kier molecular flexibility index (Phi) is 6.74. The minimum absolute atomic E-state index is 0.0793. The number of sulfonamides is 1. The molecule has 166 valence electrons. The topological polar surface area (TPSA) is 126 Å². The van der Waals surface area contributed by atoms with Crippen LogP contribution >= 0.6 is 0 Å². The number of aromatic nitrogens is 1. The van der Waals surface area contributed by atoms with Crippen LogP contribution in [0.2, 0.25) is 0 Å². The number of carbonyl (C=O) groups is 2. The molecule has 2 aromatic rings. The number of benzene rings is 1. The standard InChI is InChI=1S/C20H22FN3O6S/c1-2-30-20(27)13-5-4-8-24(12-13)18-17(19(25)26)10-15(11-22-18)23-31(28,29)16-7-3-6-14(21)9-16/h3,6-7,9-11,13,23H,2,4-5,8,12H2,1H3,(H,25,26). The highest BCUT2D eigenvalue weighted by molar-refractivity contribution is 7.92. The van der Waals surface area contributed by atoms with Crippen LogP contribution in [0, 0.1) is 11.7 Å². The van der Waals surface area contributed by atoms with E-state index in [-0.39, 0.29) is 41.1 Å². The van der Waals surface area contributed by atoms with Crippen molar-refractivity contribution in [2.75, 3.05) is 29.3 Å². The first kappa shape index (κ1) is 22.5. The molecule has 31 heavy (non-hydrogen) atoms. The fourth-order valence-electron chi connectivity index (χ4n) is 3.39. The van der Waals surface area contributed by atoms with Crippen LogP contribution in [-0.2, 0) is 19.6 Å². The number of anilines is 2. The zero-order valence-corrected chi connectivity index (χ0v) is 17.6. The molecule has 1 aromatic carbocycles. The Bertz CT molecular complexity index is 1090. The van der Waals surface area contributed by atoms with Gasteiger partial charge in [-0.15, -0.1) is 0 Å². The Hall–Kier alpha value is -3.21. The average molecular weight is 451 g/mol. The molecule has 1 aliphatic rings. The predicted molar refractivity (Wildman–Crippen MR) is 110 cm³/mol. The van der Waals surface area contributed by atoms with E-state index in [0.29, 0.717) is 19.4 Å². The van der Waals surface area contributed by atoms with Crippen LogP contribution < -0.4 is 9.62 Å². The van der Waals surface area contributed by atoms with Crippen molar-refractivity contribution < 1.29 is 32.2 Å². The molecule has 1 aromatic heterocycles. The number of carbonyl (C=O) groups excluding carboxylic acids is 1. The van der Waals surface area contributed by atoms with E-state index in [4.69, 9.17) is 4.74 Å². The Morgan fingerprint density at radius 3 is 2.81 bits per heavy atom. The number of carboxylic acid groups (broad SMARTS) is 1. The number of nitrogens with zero attached hydrogens (tertiary/aromatic N) is 2. The third-order valence-electron chi connectivity index (χ3n) is 4.80. The van der Waals surface area contributed by atoms with Gasteiger partial charge in [-0.2, -0.15) is 0 Å². The van der Waals surface area contributed by atoms with Gasteiger partial charge in [-0.05, 0) is 44.0 Å². The van der Waals surface area contributed by atoms with Gasteiger partial charge in [0.1, 0.15) is 17.2 Å². The summed E-state index contributed by atoms with van der Waals surface area (Å²) in [6, 6.07) is 5.58. The Labute approximate surface area is 178 Å². The molecule has 0 radical (unpaired) electrons. The van der Waals surface area contributed by atoms with Gasteiger partial charge in [0.05, 0.1) is 29.3 Å². The maximum absolute atomic E-state index is 13.4. The van der Waals surface area contributed by atoms with Crippen molar-refractivity contribution in [2.45, 2.75) is 24.7 Å². The summed E-state index contributed by atoms with van der Waals surface area (Å²) in [5.74, 6) is -2.63. The van der Waals surface area contributed by atoms with Crippen LogP contribution in [0.25, 0.3) is 0 Å². The maximum atomic E-state index is 13.4. The highest BCUT2D eigenvalue weighted by Crippen LogP contribution is 2.28. The van der Waals surface area contributed by atoms with Gasteiger partial charge < -0.3 is 14.7 Å². The van der Waals surface area contributed by atoms with Crippen molar-refractivity contribution >= 4 is 33.5 Å². The molecule has 11 heteroatoms. The van der Waals surface area contributed by atoms with Gasteiger partial charge in [0.2, 0.25) is 0 Å². The van der Waals surface area contributed by atoms with Crippen molar-refractivity contribution in [2.24, 2.45) is 5.92 Å². The Balaban J connectivity index is 1.86. The van der Waals surface area contributed by atoms with Gasteiger partial charge in [-0.3, -0.25) is 9.52 Å². The van der Waals surface area contributed by atoms with Crippen LogP contribution in [0.3, 0.4) is 0 Å². The van der Waals surface area contributed by atoms with Crippen molar-refractivity contribution in [1.29, 1.82) is 0 Å². The second-order valence-corrected chi connectivity index (χ2v) is 8.68. The molecule has 0 bridgehead atoms. The lowest BCUT2D eigenvalue weighted by Gasteiger charge is -2.33. The molecule has 0 saturated carbocycles. The smallest absolute Gasteiger partial charge is 0.339 e. The molecule has 1 unspecified atom stereocenters. The van der Waals surface area contributed by atoms with Crippen molar-refractivity contribution in [1.82, 2.24) is 4.98 Å². The first-order valence-corrected chi connectivity index (χ1v) is 11.1. The quantitative estimate of drug-likeness (QED) is 0.615. The van der Waals surface area contributed by atoms with E-state index in [9.17, 15) is 27.5 Å². The highest BCUT2D eigenvalue weighted by atomic mass is 32.2. The lowest BCUT2D eigenvalue weighted by molar-refractivity contribution is -0.148. The largest absolute Gasteiger partial charge is 0.478 e. The van der Waals surface area contributed by atoms with Crippen LogP contribution in [0.5, 0.6) is 0 Å². The Morgan fingerprint density at radius 1 is 1.35 bits per heavy atom. The molecule has 3 rings (SSSR count). The van der Waals surface area contributed by atoms with E-state index < -0.39 is 27.7 Å². The molecule has 0 spiro atoms. The van der Waals surface area contributed by atoms with Gasteiger partial charge in [-0.1, -0.05) is 6.07 Å². The van der Waals surface area contributed by atoms with Gasteiger partial charge in [0.25, 0.3) is 10.0 Å². The lowest BCUT2D eigenvalue weighted by Crippen LogP contribution is -2.40. The number of nitrogens with one attached hydrogen (secondary N) is 1. The van der Waals surface area contributed by atoms with Crippen LogP contribution in [0.1, 0.15) is 30.1 Å². The maximum Gasteiger partial charge on any atom is 0.339 e. The molecule has 1 fully saturated rings. The highest BCUT2D eigenvalue weighted by Gasteiger charge is 2.30. The molecular formula is C20H22FN3O6S. The molecule has 0 aliphatic carbocycles. The van der Waals surface area contributed by atoms with Gasteiger partial charge in [0.15, 0.2) is 0 Å². The summed E-state index contributed by atoms with van der Waals surface area (Å²) >= 11 is 0.